The fourth-order valence-corrected chi connectivity index (χ4v) is 3.31. The second-order valence-electron chi connectivity index (χ2n) is 4.02. The smallest absolute Gasteiger partial charge is 0.107 e. The molecule has 1 unspecified atom stereocenters. The molecule has 0 spiro atoms. The summed E-state index contributed by atoms with van der Waals surface area (Å²) in [4.78, 5) is 6.21. The SMILES string of the molecule is CCC1CCc2nc(CNC)sc2C1. The summed E-state index contributed by atoms with van der Waals surface area (Å²) in [5, 5.41) is 4.42. The summed E-state index contributed by atoms with van der Waals surface area (Å²) in [6.07, 6.45) is 5.13. The maximum Gasteiger partial charge on any atom is 0.107 e. The molecule has 78 valence electrons. The van der Waals surface area contributed by atoms with Crippen molar-refractivity contribution < 1.29 is 0 Å². The van der Waals surface area contributed by atoms with Crippen LogP contribution in [0.15, 0.2) is 0 Å². The van der Waals surface area contributed by atoms with E-state index in [0.29, 0.717) is 0 Å². The van der Waals surface area contributed by atoms with Crippen LogP contribution in [-0.4, -0.2) is 12.0 Å². The van der Waals surface area contributed by atoms with E-state index in [4.69, 9.17) is 0 Å². The summed E-state index contributed by atoms with van der Waals surface area (Å²) in [5.41, 5.74) is 1.38. The van der Waals surface area contributed by atoms with Gasteiger partial charge < -0.3 is 5.32 Å². The lowest BCUT2D eigenvalue weighted by atomic mass is 9.89. The molecule has 2 nitrogen and oxygen atoms in total. The highest BCUT2D eigenvalue weighted by molar-refractivity contribution is 7.11. The number of aryl methyl sites for hydroxylation is 1. The first-order chi connectivity index (χ1) is 6.83. The van der Waals surface area contributed by atoms with Gasteiger partial charge in [0.15, 0.2) is 0 Å². The Morgan fingerprint density at radius 2 is 2.43 bits per heavy atom. The Bertz CT molecular complexity index is 306. The zero-order valence-electron chi connectivity index (χ0n) is 8.97. The van der Waals surface area contributed by atoms with Crippen LogP contribution >= 0.6 is 11.3 Å². The second-order valence-corrected chi connectivity index (χ2v) is 5.19. The third-order valence-corrected chi connectivity index (χ3v) is 4.11. The van der Waals surface area contributed by atoms with E-state index in [-0.39, 0.29) is 0 Å². The third-order valence-electron chi connectivity index (χ3n) is 2.99. The van der Waals surface area contributed by atoms with Crippen molar-refractivity contribution in [2.45, 2.75) is 39.2 Å². The molecule has 0 saturated carbocycles. The van der Waals surface area contributed by atoms with Gasteiger partial charge in [0, 0.05) is 11.4 Å². The van der Waals surface area contributed by atoms with Gasteiger partial charge in [-0.05, 0) is 32.2 Å². The largest absolute Gasteiger partial charge is 0.314 e. The van der Waals surface area contributed by atoms with Gasteiger partial charge in [-0.25, -0.2) is 4.98 Å². The molecule has 1 N–H and O–H groups in total. The number of hydrogen-bond donors (Lipinski definition) is 1. The van der Waals surface area contributed by atoms with Gasteiger partial charge in [0.25, 0.3) is 0 Å². The van der Waals surface area contributed by atoms with Crippen LogP contribution in [0.2, 0.25) is 0 Å². The zero-order valence-corrected chi connectivity index (χ0v) is 9.78. The van der Waals surface area contributed by atoms with Crippen molar-refractivity contribution in [2.75, 3.05) is 7.05 Å². The molecule has 1 atom stereocenters. The van der Waals surface area contributed by atoms with Gasteiger partial charge in [-0.3, -0.25) is 0 Å². The molecule has 2 rings (SSSR count). The molecule has 0 bridgehead atoms. The Morgan fingerprint density at radius 1 is 1.57 bits per heavy atom. The summed E-state index contributed by atoms with van der Waals surface area (Å²) in [6.45, 7) is 3.22. The minimum absolute atomic E-state index is 0.908. The maximum absolute atomic E-state index is 4.67. The Balaban J connectivity index is 2.12. The topological polar surface area (TPSA) is 24.9 Å². The van der Waals surface area contributed by atoms with E-state index in [1.807, 2.05) is 18.4 Å². The van der Waals surface area contributed by atoms with Gasteiger partial charge in [0.2, 0.25) is 0 Å². The van der Waals surface area contributed by atoms with Crippen molar-refractivity contribution in [3.63, 3.8) is 0 Å². The average molecular weight is 210 g/mol. The zero-order chi connectivity index (χ0) is 9.97. The number of thiazole rings is 1. The number of fused-ring (bicyclic) bond motifs is 1. The molecule has 0 aliphatic heterocycles. The van der Waals surface area contributed by atoms with E-state index in [1.54, 1.807) is 4.88 Å². The van der Waals surface area contributed by atoms with Crippen molar-refractivity contribution in [1.82, 2.24) is 10.3 Å². The lowest BCUT2D eigenvalue weighted by Crippen LogP contribution is -2.11. The summed E-state index contributed by atoms with van der Waals surface area (Å²) in [7, 11) is 1.98. The van der Waals surface area contributed by atoms with Crippen LogP contribution in [0.3, 0.4) is 0 Å². The molecular formula is C11H18N2S. The van der Waals surface area contributed by atoms with E-state index < -0.39 is 0 Å². The molecule has 0 aromatic carbocycles. The van der Waals surface area contributed by atoms with E-state index in [9.17, 15) is 0 Å². The first-order valence-corrected chi connectivity index (χ1v) is 6.27. The molecule has 1 aliphatic rings. The lowest BCUT2D eigenvalue weighted by Gasteiger charge is -2.18. The molecule has 14 heavy (non-hydrogen) atoms. The maximum atomic E-state index is 4.67. The minimum atomic E-state index is 0.908. The predicted octanol–water partition coefficient (Wildman–Crippen LogP) is 2.38. The fraction of sp³-hybridized carbons (Fsp3) is 0.727. The third kappa shape index (κ3) is 1.98. The average Bonchev–Trinajstić information content (AvgIpc) is 2.59. The van der Waals surface area contributed by atoms with Gasteiger partial charge >= 0.3 is 0 Å². The highest BCUT2D eigenvalue weighted by atomic mass is 32.1. The van der Waals surface area contributed by atoms with E-state index in [2.05, 4.69) is 17.2 Å². The van der Waals surface area contributed by atoms with Crippen LogP contribution in [0, 0.1) is 5.92 Å². The molecule has 3 heteroatoms. The quantitative estimate of drug-likeness (QED) is 0.828. The van der Waals surface area contributed by atoms with Crippen molar-refractivity contribution >= 4 is 11.3 Å². The minimum Gasteiger partial charge on any atom is -0.314 e. The fourth-order valence-electron chi connectivity index (χ4n) is 2.07. The Labute approximate surface area is 89.8 Å². The highest BCUT2D eigenvalue weighted by Gasteiger charge is 2.20. The molecule has 1 heterocycles. The van der Waals surface area contributed by atoms with Crippen molar-refractivity contribution in [1.29, 1.82) is 0 Å². The molecular weight excluding hydrogens is 192 g/mol. The van der Waals surface area contributed by atoms with Crippen molar-refractivity contribution in [3.8, 4) is 0 Å². The van der Waals surface area contributed by atoms with Crippen LogP contribution in [0.5, 0.6) is 0 Å². The van der Waals surface area contributed by atoms with Crippen molar-refractivity contribution in [2.24, 2.45) is 5.92 Å². The Kier molecular flexibility index (Phi) is 3.19. The predicted molar refractivity (Wildman–Crippen MR) is 60.7 cm³/mol. The summed E-state index contributed by atoms with van der Waals surface area (Å²) < 4.78 is 0. The molecule has 0 fully saturated rings. The highest BCUT2D eigenvalue weighted by Crippen LogP contribution is 2.31. The van der Waals surface area contributed by atoms with E-state index in [1.165, 1.54) is 36.4 Å². The van der Waals surface area contributed by atoms with Gasteiger partial charge in [-0.15, -0.1) is 11.3 Å². The van der Waals surface area contributed by atoms with Crippen LogP contribution in [0.25, 0.3) is 0 Å². The number of aromatic nitrogens is 1. The number of hydrogen-bond acceptors (Lipinski definition) is 3. The second kappa shape index (κ2) is 4.41. The summed E-state index contributed by atoms with van der Waals surface area (Å²) in [6, 6.07) is 0. The molecule has 0 amide bonds. The molecule has 1 aliphatic carbocycles. The first kappa shape index (κ1) is 10.1. The van der Waals surface area contributed by atoms with Crippen molar-refractivity contribution in [3.05, 3.63) is 15.6 Å². The molecule has 0 radical (unpaired) electrons. The molecule has 1 aromatic heterocycles. The molecule has 1 aromatic rings. The number of nitrogens with zero attached hydrogens (tertiary/aromatic N) is 1. The van der Waals surface area contributed by atoms with Crippen LogP contribution in [0.4, 0.5) is 0 Å². The van der Waals surface area contributed by atoms with Crippen LogP contribution in [0.1, 0.15) is 35.3 Å². The van der Waals surface area contributed by atoms with Gasteiger partial charge in [-0.2, -0.15) is 0 Å². The number of nitrogens with one attached hydrogen (secondary N) is 1. The Hall–Kier alpha value is -0.410. The summed E-state index contributed by atoms with van der Waals surface area (Å²) in [5.74, 6) is 0.908. The van der Waals surface area contributed by atoms with Crippen LogP contribution in [-0.2, 0) is 19.4 Å². The van der Waals surface area contributed by atoms with E-state index in [0.717, 1.165) is 12.5 Å². The van der Waals surface area contributed by atoms with Gasteiger partial charge in [0.05, 0.1) is 5.69 Å². The van der Waals surface area contributed by atoms with E-state index >= 15 is 0 Å². The standard InChI is InChI=1S/C11H18N2S/c1-3-8-4-5-9-10(6-8)14-11(13-9)7-12-2/h8,12H,3-7H2,1-2H3. The normalized spacial score (nSPS) is 20.9. The lowest BCUT2D eigenvalue weighted by molar-refractivity contribution is 0.445. The van der Waals surface area contributed by atoms with Gasteiger partial charge in [0.1, 0.15) is 5.01 Å². The number of rotatable bonds is 3. The molecule has 0 saturated heterocycles. The summed E-state index contributed by atoms with van der Waals surface area (Å²) >= 11 is 1.91. The van der Waals surface area contributed by atoms with Crippen LogP contribution < -0.4 is 5.32 Å². The van der Waals surface area contributed by atoms with Gasteiger partial charge in [-0.1, -0.05) is 13.3 Å². The Morgan fingerprint density at radius 3 is 3.14 bits per heavy atom. The first-order valence-electron chi connectivity index (χ1n) is 5.45. The monoisotopic (exact) mass is 210 g/mol.